The molecule has 1 aliphatic rings. The average Bonchev–Trinajstić information content (AvgIpc) is 2.93. The van der Waals surface area contributed by atoms with Gasteiger partial charge < -0.3 is 26.0 Å². The van der Waals surface area contributed by atoms with E-state index in [1.807, 2.05) is 33.1 Å². The predicted molar refractivity (Wildman–Crippen MR) is 176 cm³/mol. The molecule has 0 aromatic heterocycles. The number of carbonyl (C=O) groups excluding carboxylic acids is 4. The lowest BCUT2D eigenvalue weighted by Gasteiger charge is -2.25. The zero-order chi connectivity index (χ0) is 32.2. The molecule has 0 bridgehead atoms. The fourth-order valence-corrected chi connectivity index (χ4v) is 3.94. The maximum atomic E-state index is 13.0. The van der Waals surface area contributed by atoms with Crippen LogP contribution in [0.4, 0.5) is 0 Å². The van der Waals surface area contributed by atoms with Crippen molar-refractivity contribution in [3.8, 4) is 0 Å². The molecule has 0 spiro atoms. The molecule has 3 amide bonds. The molecule has 1 unspecified atom stereocenters. The zero-order valence-electron chi connectivity index (χ0n) is 26.6. The Labute approximate surface area is 256 Å². The van der Waals surface area contributed by atoms with Crippen LogP contribution >= 0.6 is 21.6 Å². The van der Waals surface area contributed by atoms with E-state index in [2.05, 4.69) is 48.3 Å². The molecule has 1 rings (SSSR count). The van der Waals surface area contributed by atoms with Gasteiger partial charge in [0.25, 0.3) is 5.91 Å². The van der Waals surface area contributed by atoms with Crippen molar-refractivity contribution in [1.29, 1.82) is 0 Å². The largest absolute Gasteiger partial charge is 0.456 e. The van der Waals surface area contributed by atoms with E-state index < -0.39 is 35.8 Å². The number of esters is 1. The summed E-state index contributed by atoms with van der Waals surface area (Å²) in [6.07, 6.45) is 10.6. The van der Waals surface area contributed by atoms with Gasteiger partial charge in [-0.2, -0.15) is 0 Å². The molecule has 2 atom stereocenters. The van der Waals surface area contributed by atoms with E-state index in [0.717, 1.165) is 12.2 Å². The summed E-state index contributed by atoms with van der Waals surface area (Å²) < 4.78 is 5.71. The van der Waals surface area contributed by atoms with Crippen LogP contribution in [0.1, 0.15) is 74.7 Å². The third kappa shape index (κ3) is 23.7. The summed E-state index contributed by atoms with van der Waals surface area (Å²) in [4.78, 5) is 49.8. The summed E-state index contributed by atoms with van der Waals surface area (Å²) >= 11 is 0. The second-order valence-electron chi connectivity index (χ2n) is 8.68. The molecule has 0 aromatic carbocycles. The van der Waals surface area contributed by atoms with Gasteiger partial charge in [-0.05, 0) is 38.5 Å². The first kappa shape index (κ1) is 42.8. The summed E-state index contributed by atoms with van der Waals surface area (Å²) in [5, 5.41) is 10.5. The highest BCUT2D eigenvalue weighted by atomic mass is 33.1. The molecule has 0 aromatic rings. The van der Waals surface area contributed by atoms with Crippen molar-refractivity contribution in [3.63, 3.8) is 0 Å². The fourth-order valence-electron chi connectivity index (χ4n) is 2.75. The van der Waals surface area contributed by atoms with Crippen LogP contribution in [-0.4, -0.2) is 60.9 Å². The first-order valence-corrected chi connectivity index (χ1v) is 16.8. The van der Waals surface area contributed by atoms with Gasteiger partial charge in [-0.25, -0.2) is 4.79 Å². The minimum atomic E-state index is -0.916. The summed E-state index contributed by atoms with van der Waals surface area (Å²) in [6.45, 7) is 22.2. The van der Waals surface area contributed by atoms with Gasteiger partial charge in [-0.1, -0.05) is 94.4 Å². The van der Waals surface area contributed by atoms with Gasteiger partial charge in [0.05, 0.1) is 13.1 Å². The van der Waals surface area contributed by atoms with Crippen molar-refractivity contribution in [2.45, 2.75) is 86.8 Å². The Morgan fingerprint density at radius 3 is 2.12 bits per heavy atom. The van der Waals surface area contributed by atoms with Crippen LogP contribution in [0.25, 0.3) is 0 Å². The van der Waals surface area contributed by atoms with Crippen LogP contribution in [0, 0.1) is 5.92 Å². The van der Waals surface area contributed by atoms with E-state index in [1.165, 1.54) is 12.5 Å². The molecule has 9 nitrogen and oxygen atoms in total. The molecule has 41 heavy (non-hydrogen) atoms. The monoisotopic (exact) mass is 614 g/mol. The summed E-state index contributed by atoms with van der Waals surface area (Å²) in [5.74, 6) is -1.52. The molecule has 0 aliphatic carbocycles. The standard InChI is InChI=1S/C22H34N4O5S2.C3H8.C3H6.C2H6/c1-6-17-21(29)26-20(14(2)3)22(30)31-16(9-7-8-10-33-32-5)11-15(4)23-12-18(27)24-13-19(28)25-17;2*1-3-2;1-2/h6-7,9,14,16,20,23H,4,8,10-13H2,1-3,5H3,(H,24,27)(H,25,28)(H,26,29);3H2,1-2H3;3H,1H2,2H3;1-2H3/b9-7+,17-6-;;;/t16-,20?;;;/m1.../s1. The Kier molecular flexibility index (Phi) is 30.1. The summed E-state index contributed by atoms with van der Waals surface area (Å²) in [7, 11) is 3.41. The molecular formula is C30H54N4O5S2. The van der Waals surface area contributed by atoms with E-state index in [9.17, 15) is 19.2 Å². The molecule has 1 heterocycles. The number of ether oxygens (including phenoxy) is 1. The van der Waals surface area contributed by atoms with Gasteiger partial charge in [0.15, 0.2) is 0 Å². The first-order chi connectivity index (χ1) is 19.5. The van der Waals surface area contributed by atoms with E-state index >= 15 is 0 Å². The van der Waals surface area contributed by atoms with Crippen LogP contribution in [0.15, 0.2) is 48.9 Å². The number of nitrogens with one attached hydrogen (secondary N) is 4. The second-order valence-corrected chi connectivity index (χ2v) is 11.4. The number of amides is 3. The van der Waals surface area contributed by atoms with Gasteiger partial charge >= 0.3 is 5.97 Å². The minimum absolute atomic E-state index is 0.0194. The highest BCUT2D eigenvalue weighted by Crippen LogP contribution is 2.18. The lowest BCUT2D eigenvalue weighted by molar-refractivity contribution is -0.152. The maximum Gasteiger partial charge on any atom is 0.329 e. The van der Waals surface area contributed by atoms with Gasteiger partial charge in [0, 0.05) is 17.9 Å². The number of hydrogen-bond donors (Lipinski definition) is 4. The predicted octanol–water partition coefficient (Wildman–Crippen LogP) is 5.27. The van der Waals surface area contributed by atoms with Crippen LogP contribution in [0.2, 0.25) is 0 Å². The van der Waals surface area contributed by atoms with E-state index in [4.69, 9.17) is 4.74 Å². The Balaban J connectivity index is -0.00000162. The van der Waals surface area contributed by atoms with Gasteiger partial charge in [-0.3, -0.25) is 14.4 Å². The van der Waals surface area contributed by atoms with Crippen LogP contribution < -0.4 is 21.3 Å². The lowest BCUT2D eigenvalue weighted by atomic mass is 10.0. The molecule has 4 N–H and O–H groups in total. The van der Waals surface area contributed by atoms with E-state index in [-0.39, 0.29) is 31.1 Å². The van der Waals surface area contributed by atoms with Gasteiger partial charge in [0.1, 0.15) is 17.8 Å². The fraction of sp³-hybridized carbons (Fsp3) is 0.600. The lowest BCUT2D eigenvalue weighted by Crippen LogP contribution is -2.49. The number of cyclic esters (lactones) is 1. The average molecular weight is 615 g/mol. The van der Waals surface area contributed by atoms with Crippen LogP contribution in [0.3, 0.4) is 0 Å². The topological polar surface area (TPSA) is 126 Å². The molecule has 11 heteroatoms. The third-order valence-corrected chi connectivity index (χ3v) is 6.36. The number of rotatable bonds is 6. The van der Waals surface area contributed by atoms with E-state index in [0.29, 0.717) is 5.70 Å². The third-order valence-electron chi connectivity index (χ3n) is 4.51. The SMILES string of the molecule is C=C1C[C@@H](/C=C/CCSSC)OC(=O)C(C(C)C)NC(=O)/C(=C/C)NC(=O)CNC(=O)CN1.C=CC.CC.CCC. The quantitative estimate of drug-likeness (QED) is 0.105. The molecule has 236 valence electrons. The molecule has 1 saturated heterocycles. The van der Waals surface area contributed by atoms with Crippen LogP contribution in [-0.2, 0) is 23.9 Å². The normalized spacial score (nSPS) is 19.6. The Hall–Kier alpha value is -2.66. The molecule has 1 fully saturated rings. The Morgan fingerprint density at radius 1 is 1.05 bits per heavy atom. The highest BCUT2D eigenvalue weighted by Gasteiger charge is 2.29. The van der Waals surface area contributed by atoms with Crippen molar-refractivity contribution >= 4 is 45.3 Å². The van der Waals surface area contributed by atoms with Gasteiger partial charge in [0.2, 0.25) is 11.8 Å². The molecular weight excluding hydrogens is 560 g/mol. The number of allylic oxidation sites excluding steroid dienone is 3. The van der Waals surface area contributed by atoms with Crippen molar-refractivity contribution < 1.29 is 23.9 Å². The number of carbonyl (C=O) groups is 4. The van der Waals surface area contributed by atoms with Gasteiger partial charge in [-0.15, -0.1) is 6.58 Å². The minimum Gasteiger partial charge on any atom is -0.456 e. The molecule has 0 saturated carbocycles. The Morgan fingerprint density at radius 2 is 1.61 bits per heavy atom. The molecule has 1 aliphatic heterocycles. The number of hydrogen-bond acceptors (Lipinski definition) is 8. The van der Waals surface area contributed by atoms with Crippen molar-refractivity contribution in [2.24, 2.45) is 5.92 Å². The van der Waals surface area contributed by atoms with Crippen molar-refractivity contribution in [1.82, 2.24) is 21.3 Å². The van der Waals surface area contributed by atoms with E-state index in [1.54, 1.807) is 54.5 Å². The van der Waals surface area contributed by atoms with Crippen molar-refractivity contribution in [3.05, 3.63) is 48.9 Å². The second kappa shape index (κ2) is 28.9. The first-order valence-electron chi connectivity index (χ1n) is 14.1. The summed E-state index contributed by atoms with van der Waals surface area (Å²) in [5.41, 5.74) is 0.484. The smallest absolute Gasteiger partial charge is 0.329 e. The zero-order valence-corrected chi connectivity index (χ0v) is 28.2. The highest BCUT2D eigenvalue weighted by molar-refractivity contribution is 8.76. The summed E-state index contributed by atoms with van der Waals surface area (Å²) in [6, 6.07) is -0.916. The van der Waals surface area contributed by atoms with Crippen LogP contribution in [0.5, 0.6) is 0 Å². The maximum absolute atomic E-state index is 13.0. The van der Waals surface area contributed by atoms with Crippen molar-refractivity contribution in [2.75, 3.05) is 25.1 Å². The Bertz CT molecular complexity index is 845. The molecule has 0 radical (unpaired) electrons.